The van der Waals surface area contributed by atoms with Gasteiger partial charge in [-0.2, -0.15) is 5.10 Å². The lowest BCUT2D eigenvalue weighted by Gasteiger charge is -2.21. The molecule has 2 aromatic carbocycles. The van der Waals surface area contributed by atoms with Crippen molar-refractivity contribution in [3.8, 4) is 11.1 Å². The Morgan fingerprint density at radius 3 is 2.51 bits per heavy atom. The van der Waals surface area contributed by atoms with Crippen molar-refractivity contribution in [2.45, 2.75) is 31.8 Å². The maximum absolute atomic E-state index is 14.3. The van der Waals surface area contributed by atoms with Gasteiger partial charge in [-0.3, -0.25) is 19.5 Å². The molecule has 0 radical (unpaired) electrons. The SMILES string of the molecule is CCOC(=O)[C@H](N)C[C@@H](Cc1ccc(-c2cc(Cl)ccc2F)cc1)NC(=O)c1cc(C(=O)N(C)C)n[nH]1. The fourth-order valence-electron chi connectivity index (χ4n) is 3.71. The van der Waals surface area contributed by atoms with Crippen molar-refractivity contribution in [3.63, 3.8) is 0 Å². The molecule has 2 atom stereocenters. The standard InChI is InChI=1S/C26H29ClFN5O4/c1-4-37-26(36)21(29)13-18(30-24(34)22-14-23(32-31-22)25(35)33(2)3)11-15-5-7-16(8-6-15)19-12-17(27)9-10-20(19)28/h5-10,12,14,18,21H,4,11,13,29H2,1-3H3,(H,30,34)(H,31,32)/t18-,21-/m1/s1. The van der Waals surface area contributed by atoms with Gasteiger partial charge in [0, 0.05) is 36.8 Å². The Balaban J connectivity index is 1.78. The van der Waals surface area contributed by atoms with Crippen LogP contribution in [0.5, 0.6) is 0 Å². The lowest BCUT2D eigenvalue weighted by Crippen LogP contribution is -2.44. The van der Waals surface area contributed by atoms with E-state index in [-0.39, 0.29) is 30.3 Å². The van der Waals surface area contributed by atoms with E-state index in [2.05, 4.69) is 15.5 Å². The molecule has 0 spiro atoms. The fourth-order valence-corrected chi connectivity index (χ4v) is 3.88. The average Bonchev–Trinajstić information content (AvgIpc) is 3.36. The van der Waals surface area contributed by atoms with E-state index in [1.807, 2.05) is 0 Å². The van der Waals surface area contributed by atoms with Crippen LogP contribution in [0, 0.1) is 5.82 Å². The first-order chi connectivity index (χ1) is 17.6. The number of aromatic amines is 1. The highest BCUT2D eigenvalue weighted by atomic mass is 35.5. The van der Waals surface area contributed by atoms with E-state index in [9.17, 15) is 18.8 Å². The first kappa shape index (κ1) is 27.8. The van der Waals surface area contributed by atoms with Crippen LogP contribution in [-0.4, -0.2) is 65.7 Å². The molecular formula is C26H29ClFN5O4. The summed E-state index contributed by atoms with van der Waals surface area (Å²) in [4.78, 5) is 38.5. The number of carbonyl (C=O) groups excluding carboxylic acids is 3. The van der Waals surface area contributed by atoms with E-state index >= 15 is 0 Å². The lowest BCUT2D eigenvalue weighted by molar-refractivity contribution is -0.145. The molecule has 9 nitrogen and oxygen atoms in total. The summed E-state index contributed by atoms with van der Waals surface area (Å²) in [5.41, 5.74) is 8.05. The highest BCUT2D eigenvalue weighted by molar-refractivity contribution is 6.30. The third-order valence-electron chi connectivity index (χ3n) is 5.59. The number of halogens is 2. The number of hydrogen-bond donors (Lipinski definition) is 3. The minimum Gasteiger partial charge on any atom is -0.465 e. The number of nitrogens with one attached hydrogen (secondary N) is 2. The summed E-state index contributed by atoms with van der Waals surface area (Å²) in [6.07, 6.45) is 0.432. The summed E-state index contributed by atoms with van der Waals surface area (Å²) in [5, 5.41) is 9.74. The van der Waals surface area contributed by atoms with Gasteiger partial charge in [-0.05, 0) is 49.1 Å². The molecule has 0 bridgehead atoms. The largest absolute Gasteiger partial charge is 0.465 e. The number of benzene rings is 2. The number of esters is 1. The molecule has 37 heavy (non-hydrogen) atoms. The van der Waals surface area contributed by atoms with Crippen molar-refractivity contribution in [2.24, 2.45) is 5.73 Å². The third kappa shape index (κ3) is 7.37. The second kappa shape index (κ2) is 12.5. The molecule has 0 aliphatic carbocycles. The Hall–Kier alpha value is -3.76. The van der Waals surface area contributed by atoms with E-state index < -0.39 is 29.8 Å². The maximum atomic E-state index is 14.3. The predicted molar refractivity (Wildman–Crippen MR) is 138 cm³/mol. The normalized spacial score (nSPS) is 12.5. The molecular weight excluding hydrogens is 501 g/mol. The van der Waals surface area contributed by atoms with Crippen LogP contribution >= 0.6 is 11.6 Å². The van der Waals surface area contributed by atoms with Crippen LogP contribution in [0.2, 0.25) is 5.02 Å². The van der Waals surface area contributed by atoms with Gasteiger partial charge in [0.2, 0.25) is 0 Å². The Morgan fingerprint density at radius 2 is 1.86 bits per heavy atom. The fraction of sp³-hybridized carbons (Fsp3) is 0.308. The first-order valence-electron chi connectivity index (χ1n) is 11.6. The van der Waals surface area contributed by atoms with Gasteiger partial charge in [0.1, 0.15) is 17.6 Å². The number of carbonyl (C=O) groups is 3. The molecule has 0 saturated carbocycles. The van der Waals surface area contributed by atoms with Gasteiger partial charge >= 0.3 is 5.97 Å². The summed E-state index contributed by atoms with van der Waals surface area (Å²) in [5.74, 6) is -1.83. The van der Waals surface area contributed by atoms with Gasteiger partial charge in [0.05, 0.1) is 6.61 Å². The Kier molecular flexibility index (Phi) is 9.37. The summed E-state index contributed by atoms with van der Waals surface area (Å²) >= 11 is 6.01. The maximum Gasteiger partial charge on any atom is 0.322 e. The first-order valence-corrected chi connectivity index (χ1v) is 12.0. The van der Waals surface area contributed by atoms with Crippen LogP contribution < -0.4 is 11.1 Å². The molecule has 3 aromatic rings. The van der Waals surface area contributed by atoms with Crippen LogP contribution in [0.4, 0.5) is 4.39 Å². The minimum absolute atomic E-state index is 0.0895. The Labute approximate surface area is 219 Å². The smallest absolute Gasteiger partial charge is 0.322 e. The molecule has 0 fully saturated rings. The molecule has 11 heteroatoms. The number of nitrogens with zero attached hydrogens (tertiary/aromatic N) is 2. The number of aromatic nitrogens is 2. The number of amides is 2. The molecule has 4 N–H and O–H groups in total. The van der Waals surface area contributed by atoms with Crippen LogP contribution in [0.15, 0.2) is 48.5 Å². The Bertz CT molecular complexity index is 1260. The number of nitrogens with two attached hydrogens (primary N) is 1. The van der Waals surface area contributed by atoms with Crippen molar-refractivity contribution in [1.29, 1.82) is 0 Å². The van der Waals surface area contributed by atoms with Gasteiger partial charge in [0.15, 0.2) is 5.69 Å². The molecule has 2 amide bonds. The van der Waals surface area contributed by atoms with Crippen LogP contribution in [0.1, 0.15) is 39.9 Å². The second-order valence-electron chi connectivity index (χ2n) is 8.66. The van der Waals surface area contributed by atoms with Gasteiger partial charge in [-0.25, -0.2) is 4.39 Å². The quantitative estimate of drug-likeness (QED) is 0.346. The molecule has 0 aliphatic rings. The van der Waals surface area contributed by atoms with Crippen LogP contribution in [0.3, 0.4) is 0 Å². The van der Waals surface area contributed by atoms with Gasteiger partial charge < -0.3 is 20.7 Å². The highest BCUT2D eigenvalue weighted by Crippen LogP contribution is 2.26. The Morgan fingerprint density at radius 1 is 1.16 bits per heavy atom. The molecule has 3 rings (SSSR count). The van der Waals surface area contributed by atoms with Crippen LogP contribution in [0.25, 0.3) is 11.1 Å². The summed E-state index contributed by atoms with van der Waals surface area (Å²) in [6, 6.07) is 11.3. The highest BCUT2D eigenvalue weighted by Gasteiger charge is 2.24. The number of H-pyrrole nitrogens is 1. The third-order valence-corrected chi connectivity index (χ3v) is 5.82. The van der Waals surface area contributed by atoms with Gasteiger partial charge in [0.25, 0.3) is 11.8 Å². The van der Waals surface area contributed by atoms with Crippen molar-refractivity contribution in [1.82, 2.24) is 20.4 Å². The van der Waals surface area contributed by atoms with E-state index in [0.717, 1.165) is 5.56 Å². The summed E-state index contributed by atoms with van der Waals surface area (Å²) < 4.78 is 19.3. The molecule has 0 saturated heterocycles. The molecule has 1 heterocycles. The van der Waals surface area contributed by atoms with E-state index in [1.165, 1.54) is 23.1 Å². The van der Waals surface area contributed by atoms with Crippen molar-refractivity contribution in [2.75, 3.05) is 20.7 Å². The van der Waals surface area contributed by atoms with E-state index in [1.54, 1.807) is 51.4 Å². The zero-order valence-electron chi connectivity index (χ0n) is 20.8. The monoisotopic (exact) mass is 529 g/mol. The number of hydrogen-bond acceptors (Lipinski definition) is 6. The second-order valence-corrected chi connectivity index (χ2v) is 9.09. The minimum atomic E-state index is -0.960. The van der Waals surface area contributed by atoms with Crippen LogP contribution in [-0.2, 0) is 16.0 Å². The zero-order valence-corrected chi connectivity index (χ0v) is 21.5. The van der Waals surface area contributed by atoms with Crippen molar-refractivity contribution >= 4 is 29.4 Å². The number of ether oxygens (including phenoxy) is 1. The van der Waals surface area contributed by atoms with Crippen molar-refractivity contribution < 1.29 is 23.5 Å². The summed E-state index contributed by atoms with van der Waals surface area (Å²) in [6.45, 7) is 1.86. The average molecular weight is 530 g/mol. The topological polar surface area (TPSA) is 130 Å². The van der Waals surface area contributed by atoms with Crippen molar-refractivity contribution in [3.05, 3.63) is 76.3 Å². The molecule has 1 aromatic heterocycles. The van der Waals surface area contributed by atoms with Gasteiger partial charge in [-0.1, -0.05) is 35.9 Å². The molecule has 0 aliphatic heterocycles. The van der Waals surface area contributed by atoms with Gasteiger partial charge in [-0.15, -0.1) is 0 Å². The lowest BCUT2D eigenvalue weighted by atomic mass is 9.97. The molecule has 196 valence electrons. The predicted octanol–water partition coefficient (Wildman–Crippen LogP) is 3.19. The van der Waals surface area contributed by atoms with E-state index in [4.69, 9.17) is 22.1 Å². The summed E-state index contributed by atoms with van der Waals surface area (Å²) in [7, 11) is 3.16. The zero-order chi connectivity index (χ0) is 27.1. The van der Waals surface area contributed by atoms with E-state index in [0.29, 0.717) is 22.6 Å². The number of rotatable bonds is 10. The molecule has 0 unspecified atom stereocenters.